The molecule has 0 atom stereocenters. The molecule has 0 aromatic heterocycles. The lowest BCUT2D eigenvalue weighted by atomic mass is 10.1. The number of ether oxygens (including phenoxy) is 2. The van der Waals surface area contributed by atoms with E-state index in [1.807, 2.05) is 55.5 Å². The van der Waals surface area contributed by atoms with Crippen LogP contribution in [0.3, 0.4) is 0 Å². The maximum Gasteiger partial charge on any atom is 0.265 e. The van der Waals surface area contributed by atoms with Crippen LogP contribution in [-0.2, 0) is 22.6 Å². The Morgan fingerprint density at radius 1 is 1.03 bits per heavy atom. The molecule has 0 saturated heterocycles. The molecule has 0 spiro atoms. The van der Waals surface area contributed by atoms with E-state index >= 15 is 0 Å². The molecular weight excluding hydrogens is 404 g/mol. The monoisotopic (exact) mass is 430 g/mol. The van der Waals surface area contributed by atoms with Gasteiger partial charge in [0.2, 0.25) is 0 Å². The van der Waals surface area contributed by atoms with Crippen LogP contribution in [0, 0.1) is 6.92 Å². The molecule has 1 N–H and O–H groups in total. The Hall–Kier alpha value is -3.80. The van der Waals surface area contributed by atoms with Crippen LogP contribution >= 0.6 is 0 Å². The Morgan fingerprint density at radius 2 is 1.75 bits per heavy atom. The third kappa shape index (κ3) is 5.09. The van der Waals surface area contributed by atoms with Crippen LogP contribution in [-0.4, -0.2) is 25.0 Å². The van der Waals surface area contributed by atoms with Gasteiger partial charge in [-0.25, -0.2) is 0 Å². The van der Waals surface area contributed by atoms with Gasteiger partial charge in [-0.05, 0) is 54.8 Å². The van der Waals surface area contributed by atoms with Gasteiger partial charge in [0.15, 0.2) is 13.2 Å². The second-order valence-electron chi connectivity index (χ2n) is 7.77. The summed E-state index contributed by atoms with van der Waals surface area (Å²) in [6.07, 6.45) is 0.951. The van der Waals surface area contributed by atoms with Gasteiger partial charge in [0, 0.05) is 5.69 Å². The fraction of sp³-hybridized carbons (Fsp3) is 0.231. The summed E-state index contributed by atoms with van der Waals surface area (Å²) in [5, 5.41) is 2.83. The number of rotatable bonds is 7. The normalized spacial score (nSPS) is 12.7. The third-order valence-corrected chi connectivity index (χ3v) is 5.35. The van der Waals surface area contributed by atoms with E-state index in [1.54, 1.807) is 23.1 Å². The average Bonchev–Trinajstić information content (AvgIpc) is 2.81. The molecule has 6 nitrogen and oxygen atoms in total. The second kappa shape index (κ2) is 9.56. The number of nitrogens with zero attached hydrogens (tertiary/aromatic N) is 1. The standard InChI is InChI=1S/C26H26N2O4/c1-3-19-8-11-22(12-9-19)31-16-25(29)27-21-10-13-24-23(14-21)28(26(30)17-32-24)15-20-6-4-18(2)5-7-20/h4-14H,3,15-17H2,1-2H3,(H,27,29). The molecule has 2 amide bonds. The Morgan fingerprint density at radius 3 is 2.47 bits per heavy atom. The second-order valence-corrected chi connectivity index (χ2v) is 7.77. The molecule has 1 aliphatic rings. The number of benzene rings is 3. The number of carbonyl (C=O) groups is 2. The van der Waals surface area contributed by atoms with Gasteiger partial charge in [-0.1, -0.05) is 48.9 Å². The maximum absolute atomic E-state index is 12.6. The van der Waals surface area contributed by atoms with Crippen molar-refractivity contribution >= 4 is 23.2 Å². The number of carbonyl (C=O) groups excluding carboxylic acids is 2. The fourth-order valence-electron chi connectivity index (χ4n) is 3.50. The number of anilines is 2. The van der Waals surface area contributed by atoms with E-state index in [1.165, 1.54) is 5.56 Å². The van der Waals surface area contributed by atoms with Crippen molar-refractivity contribution in [1.82, 2.24) is 0 Å². The van der Waals surface area contributed by atoms with Crippen molar-refractivity contribution in [2.75, 3.05) is 23.4 Å². The zero-order valence-electron chi connectivity index (χ0n) is 18.3. The van der Waals surface area contributed by atoms with Gasteiger partial charge in [-0.15, -0.1) is 0 Å². The van der Waals surface area contributed by atoms with E-state index in [-0.39, 0.29) is 25.0 Å². The quantitative estimate of drug-likeness (QED) is 0.599. The molecule has 4 rings (SSSR count). The van der Waals surface area contributed by atoms with E-state index in [0.29, 0.717) is 29.4 Å². The van der Waals surface area contributed by atoms with E-state index in [4.69, 9.17) is 9.47 Å². The predicted molar refractivity (Wildman–Crippen MR) is 124 cm³/mol. The summed E-state index contributed by atoms with van der Waals surface area (Å²) >= 11 is 0. The van der Waals surface area contributed by atoms with Crippen LogP contribution in [0.15, 0.2) is 66.7 Å². The molecular formula is C26H26N2O4. The summed E-state index contributed by atoms with van der Waals surface area (Å²) in [5.74, 6) is 0.853. The lowest BCUT2D eigenvalue weighted by Crippen LogP contribution is -2.38. The first kappa shape index (κ1) is 21.4. The number of aryl methyl sites for hydroxylation is 2. The van der Waals surface area contributed by atoms with E-state index in [9.17, 15) is 9.59 Å². The number of fused-ring (bicyclic) bond motifs is 1. The van der Waals surface area contributed by atoms with Gasteiger partial charge in [0.1, 0.15) is 11.5 Å². The molecule has 1 aliphatic heterocycles. The molecule has 3 aromatic rings. The number of amides is 2. The largest absolute Gasteiger partial charge is 0.484 e. The Labute approximate surface area is 187 Å². The summed E-state index contributed by atoms with van der Waals surface area (Å²) < 4.78 is 11.2. The van der Waals surface area contributed by atoms with Gasteiger partial charge in [-0.2, -0.15) is 0 Å². The van der Waals surface area contributed by atoms with Crippen LogP contribution in [0.25, 0.3) is 0 Å². The highest BCUT2D eigenvalue weighted by Gasteiger charge is 2.26. The van der Waals surface area contributed by atoms with E-state index in [0.717, 1.165) is 17.5 Å². The molecule has 1 heterocycles. The molecule has 32 heavy (non-hydrogen) atoms. The van der Waals surface area contributed by atoms with Crippen molar-refractivity contribution in [1.29, 1.82) is 0 Å². The molecule has 3 aromatic carbocycles. The lowest BCUT2D eigenvalue weighted by molar-refractivity contribution is -0.121. The number of nitrogens with one attached hydrogen (secondary N) is 1. The highest BCUT2D eigenvalue weighted by atomic mass is 16.5. The number of hydrogen-bond acceptors (Lipinski definition) is 4. The van der Waals surface area contributed by atoms with Gasteiger partial charge in [-0.3, -0.25) is 9.59 Å². The fourth-order valence-corrected chi connectivity index (χ4v) is 3.50. The van der Waals surface area contributed by atoms with Gasteiger partial charge in [0.25, 0.3) is 11.8 Å². The Kier molecular flexibility index (Phi) is 6.40. The van der Waals surface area contributed by atoms with Gasteiger partial charge >= 0.3 is 0 Å². The topological polar surface area (TPSA) is 67.9 Å². The smallest absolute Gasteiger partial charge is 0.265 e. The molecule has 0 fully saturated rings. The highest BCUT2D eigenvalue weighted by Crippen LogP contribution is 2.35. The lowest BCUT2D eigenvalue weighted by Gasteiger charge is -2.30. The van der Waals surface area contributed by atoms with Crippen molar-refractivity contribution in [3.63, 3.8) is 0 Å². The van der Waals surface area contributed by atoms with Crippen molar-refractivity contribution in [3.8, 4) is 11.5 Å². The molecule has 0 radical (unpaired) electrons. The number of hydrogen-bond donors (Lipinski definition) is 1. The minimum absolute atomic E-state index is 0.00473. The highest BCUT2D eigenvalue weighted by molar-refractivity contribution is 5.99. The van der Waals surface area contributed by atoms with Crippen LogP contribution in [0.2, 0.25) is 0 Å². The van der Waals surface area contributed by atoms with Crippen molar-refractivity contribution < 1.29 is 19.1 Å². The Bertz CT molecular complexity index is 1110. The molecule has 0 bridgehead atoms. The van der Waals surface area contributed by atoms with E-state index in [2.05, 4.69) is 12.2 Å². The van der Waals surface area contributed by atoms with Crippen LogP contribution < -0.4 is 19.7 Å². The SMILES string of the molecule is CCc1ccc(OCC(=O)Nc2ccc3c(c2)N(Cc2ccc(C)cc2)C(=O)CO3)cc1. The summed E-state index contributed by atoms with van der Waals surface area (Å²) in [5.41, 5.74) is 4.61. The molecule has 164 valence electrons. The first-order valence-electron chi connectivity index (χ1n) is 10.7. The average molecular weight is 431 g/mol. The predicted octanol–water partition coefficient (Wildman–Crippen LogP) is 4.50. The van der Waals surface area contributed by atoms with Crippen molar-refractivity contribution in [2.45, 2.75) is 26.8 Å². The summed E-state index contributed by atoms with van der Waals surface area (Å²) in [7, 11) is 0. The Balaban J connectivity index is 1.44. The van der Waals surface area contributed by atoms with Crippen molar-refractivity contribution in [3.05, 3.63) is 83.4 Å². The zero-order chi connectivity index (χ0) is 22.5. The van der Waals surface area contributed by atoms with Crippen LogP contribution in [0.5, 0.6) is 11.5 Å². The summed E-state index contributed by atoms with van der Waals surface area (Å²) in [6.45, 7) is 4.43. The zero-order valence-corrected chi connectivity index (χ0v) is 18.3. The minimum Gasteiger partial charge on any atom is -0.484 e. The van der Waals surface area contributed by atoms with Crippen LogP contribution in [0.1, 0.15) is 23.6 Å². The first-order valence-corrected chi connectivity index (χ1v) is 10.7. The maximum atomic E-state index is 12.6. The molecule has 0 unspecified atom stereocenters. The summed E-state index contributed by atoms with van der Waals surface area (Å²) in [4.78, 5) is 26.6. The molecule has 6 heteroatoms. The minimum atomic E-state index is -0.280. The van der Waals surface area contributed by atoms with Crippen molar-refractivity contribution in [2.24, 2.45) is 0 Å². The third-order valence-electron chi connectivity index (χ3n) is 5.35. The molecule has 0 saturated carbocycles. The van der Waals surface area contributed by atoms with E-state index < -0.39 is 0 Å². The first-order chi connectivity index (χ1) is 15.5. The van der Waals surface area contributed by atoms with Gasteiger partial charge in [0.05, 0.1) is 12.2 Å². The molecule has 0 aliphatic carbocycles. The van der Waals surface area contributed by atoms with Gasteiger partial charge < -0.3 is 19.7 Å². The summed E-state index contributed by atoms with van der Waals surface area (Å²) in [6, 6.07) is 21.0. The van der Waals surface area contributed by atoms with Crippen LogP contribution in [0.4, 0.5) is 11.4 Å².